The van der Waals surface area contributed by atoms with Gasteiger partial charge in [0.2, 0.25) is 0 Å². The molecule has 0 unspecified atom stereocenters. The number of benzene rings is 1. The Morgan fingerprint density at radius 1 is 0.594 bits per heavy atom. The van der Waals surface area contributed by atoms with Gasteiger partial charge in [0.05, 0.1) is 0 Å². The van der Waals surface area contributed by atoms with Crippen molar-refractivity contribution in [1.29, 1.82) is 0 Å². The van der Waals surface area contributed by atoms with Crippen LogP contribution in [0.1, 0.15) is 0 Å². The molecule has 186 valence electrons. The summed E-state index contributed by atoms with van der Waals surface area (Å²) >= 11 is -2.38. The summed E-state index contributed by atoms with van der Waals surface area (Å²) in [5.41, 5.74) is 0.333. The third-order valence-electron chi connectivity index (χ3n) is 4.06. The molecule has 32 heavy (non-hydrogen) atoms. The maximum absolute atomic E-state index is 11.1. The molecule has 18 heteroatoms. The minimum atomic E-state index is -4.35. The molecule has 0 radical (unpaired) electrons. The Bertz CT molecular complexity index is 1010. The Labute approximate surface area is 192 Å². The van der Waals surface area contributed by atoms with Gasteiger partial charge in [-0.3, -0.25) is 0 Å². The second-order valence-electron chi connectivity index (χ2n) is 6.63. The average molecular weight is 602 g/mol. The van der Waals surface area contributed by atoms with Crippen molar-refractivity contribution >= 4 is 65.2 Å². The minimum absolute atomic E-state index is 0.00404. The second kappa shape index (κ2) is 11.6. The monoisotopic (exact) mass is 601 g/mol. The predicted molar refractivity (Wildman–Crippen MR) is 119 cm³/mol. The molecule has 0 aliphatic carbocycles. The van der Waals surface area contributed by atoms with Crippen LogP contribution in [0.25, 0.3) is 0 Å². The summed E-state index contributed by atoms with van der Waals surface area (Å²) in [5, 5.41) is -0.00808. The maximum atomic E-state index is 11.1. The summed E-state index contributed by atoms with van der Waals surface area (Å²) in [6, 6.07) is 5.98. The quantitative estimate of drug-likeness (QED) is 0.145. The molecule has 0 atom stereocenters. The first-order valence-electron chi connectivity index (χ1n) is 8.75. The number of nitrogens with zero attached hydrogens (tertiary/aromatic N) is 1. The van der Waals surface area contributed by atoms with Crippen molar-refractivity contribution in [3.8, 4) is 0 Å². The molecule has 4 N–H and O–H groups in total. The van der Waals surface area contributed by atoms with E-state index in [-0.39, 0.29) is 23.5 Å². The molecule has 0 bridgehead atoms. The average Bonchev–Trinajstić information content (AvgIpc) is 2.58. The molecule has 0 heterocycles. The summed E-state index contributed by atoms with van der Waals surface area (Å²) in [7, 11) is -17.3. The van der Waals surface area contributed by atoms with Crippen LogP contribution in [0.4, 0.5) is 5.69 Å². The van der Waals surface area contributed by atoms with Gasteiger partial charge in [-0.15, -0.1) is 0 Å². The molecule has 0 aliphatic rings. The normalized spacial score (nSPS) is 13.4. The molecule has 1 aromatic carbocycles. The summed E-state index contributed by atoms with van der Waals surface area (Å²) in [6.07, 6.45) is 0. The molecule has 0 aromatic heterocycles. The van der Waals surface area contributed by atoms with Crippen LogP contribution in [0.3, 0.4) is 0 Å². The van der Waals surface area contributed by atoms with E-state index in [9.17, 15) is 33.7 Å². The van der Waals surface area contributed by atoms with Gasteiger partial charge in [0.25, 0.3) is 0 Å². The topological polar surface area (TPSA) is 221 Å². The molecule has 0 spiro atoms. The van der Waals surface area contributed by atoms with E-state index in [2.05, 4.69) is 0 Å². The third-order valence-corrected chi connectivity index (χ3v) is 13.6. The summed E-state index contributed by atoms with van der Waals surface area (Å²) < 4.78 is 125. The molecule has 1 aromatic rings. The van der Waals surface area contributed by atoms with Crippen molar-refractivity contribution in [3.05, 3.63) is 24.3 Å². The van der Waals surface area contributed by atoms with E-state index in [1.165, 1.54) is 29.2 Å². The molecule has 13 nitrogen and oxygen atoms in total. The van der Waals surface area contributed by atoms with E-state index in [0.717, 1.165) is 0 Å². The van der Waals surface area contributed by atoms with Gasteiger partial charge in [-0.05, 0) is 0 Å². The van der Waals surface area contributed by atoms with Gasteiger partial charge in [0.1, 0.15) is 0 Å². The van der Waals surface area contributed by atoms with Gasteiger partial charge >= 0.3 is 193 Å². The molecular weight excluding hydrogens is 577 g/mol. The van der Waals surface area contributed by atoms with Crippen LogP contribution < -0.4 is 9.25 Å². The second-order valence-corrected chi connectivity index (χ2v) is 18.1. The fraction of sp³-hybridized carbons (Fsp3) is 0.571. The van der Waals surface area contributed by atoms with Crippen LogP contribution in [0.15, 0.2) is 24.3 Å². The summed E-state index contributed by atoms with van der Waals surface area (Å²) in [6.45, 7) is -0.582. The molecular formula is C14H24AsNO12S4. The van der Waals surface area contributed by atoms with Gasteiger partial charge < -0.3 is 0 Å². The van der Waals surface area contributed by atoms with Gasteiger partial charge in [-0.25, -0.2) is 0 Å². The SMILES string of the molecule is O=S(=O)(O)CCN(CCS(=O)(=O)O)c1ccc([As](CCS(=O)(=O)O)CCS(=O)(=O)O)cc1. The van der Waals surface area contributed by atoms with Crippen molar-refractivity contribution < 1.29 is 51.9 Å². The molecule has 0 saturated carbocycles. The standard InChI is InChI=1S/C14H24AsNO12S4/c17-29(18,19)9-5-15(6-10-30(20,21)22)13-1-3-14(4-2-13)16(7-11-31(23,24)25)8-12-32(26,27)28/h1-4H,5-12H2,(H,17,18,19)(H,20,21,22)(H,23,24,25)(H,26,27,28). The van der Waals surface area contributed by atoms with E-state index in [0.29, 0.717) is 10.0 Å². The summed E-state index contributed by atoms with van der Waals surface area (Å²) in [4.78, 5) is 1.29. The number of hydrogen-bond acceptors (Lipinski definition) is 9. The fourth-order valence-corrected chi connectivity index (χ4v) is 12.7. The third kappa shape index (κ3) is 13.7. The zero-order chi connectivity index (χ0) is 24.8. The van der Waals surface area contributed by atoms with Crippen molar-refractivity contribution in [1.82, 2.24) is 0 Å². The molecule has 1 rings (SSSR count). The molecule has 0 aliphatic heterocycles. The van der Waals surface area contributed by atoms with Gasteiger partial charge in [-0.2, -0.15) is 0 Å². The first-order valence-corrected chi connectivity index (χ1v) is 18.8. The van der Waals surface area contributed by atoms with Crippen LogP contribution in [0.5, 0.6) is 0 Å². The Hall–Kier alpha value is -0.782. The van der Waals surface area contributed by atoms with Crippen molar-refractivity contribution in [3.63, 3.8) is 0 Å². The van der Waals surface area contributed by atoms with E-state index in [1.807, 2.05) is 0 Å². The van der Waals surface area contributed by atoms with Crippen LogP contribution in [-0.2, 0) is 40.5 Å². The molecule has 0 saturated heterocycles. The van der Waals surface area contributed by atoms with E-state index in [4.69, 9.17) is 18.2 Å². The van der Waals surface area contributed by atoms with Gasteiger partial charge in [0, 0.05) is 0 Å². The summed E-state index contributed by atoms with van der Waals surface area (Å²) in [5.74, 6) is -2.59. The number of hydrogen-bond donors (Lipinski definition) is 4. The van der Waals surface area contributed by atoms with Crippen LogP contribution in [-0.4, -0.2) is 103 Å². The first kappa shape index (κ1) is 29.3. The van der Waals surface area contributed by atoms with Crippen molar-refractivity contribution in [2.24, 2.45) is 0 Å². The fourth-order valence-electron chi connectivity index (χ4n) is 2.52. The molecule has 0 fully saturated rings. The zero-order valence-corrected chi connectivity index (χ0v) is 21.7. The zero-order valence-electron chi connectivity index (χ0n) is 16.5. The van der Waals surface area contributed by atoms with Crippen LogP contribution >= 0.6 is 0 Å². The van der Waals surface area contributed by atoms with Crippen LogP contribution in [0, 0.1) is 0 Å². The van der Waals surface area contributed by atoms with E-state index >= 15 is 0 Å². The number of rotatable bonds is 14. The Balaban J connectivity index is 3.12. The molecule has 0 amide bonds. The Morgan fingerprint density at radius 3 is 1.25 bits per heavy atom. The first-order chi connectivity index (χ1) is 14.3. The van der Waals surface area contributed by atoms with Crippen molar-refractivity contribution in [2.75, 3.05) is 41.0 Å². The van der Waals surface area contributed by atoms with Crippen LogP contribution in [0.2, 0.25) is 10.4 Å². The van der Waals surface area contributed by atoms with E-state index < -0.39 is 78.1 Å². The number of anilines is 1. The Morgan fingerprint density at radius 2 is 0.938 bits per heavy atom. The van der Waals surface area contributed by atoms with E-state index in [1.54, 1.807) is 0 Å². The van der Waals surface area contributed by atoms with Gasteiger partial charge in [0.15, 0.2) is 0 Å². The van der Waals surface area contributed by atoms with Gasteiger partial charge in [-0.1, -0.05) is 0 Å². The van der Waals surface area contributed by atoms with Crippen molar-refractivity contribution in [2.45, 2.75) is 10.4 Å². The Kier molecular flexibility index (Phi) is 10.6. The predicted octanol–water partition coefficient (Wildman–Crippen LogP) is -1.25.